The molecule has 14 aliphatic rings. The molecule has 6 fully saturated rings. The second-order valence-corrected chi connectivity index (χ2v) is 27.0. The lowest BCUT2D eigenvalue weighted by Gasteiger charge is -2.73. The summed E-state index contributed by atoms with van der Waals surface area (Å²) in [5.74, 6) is 4.15. The minimum Gasteiger partial charge on any atom is -0.504 e. The third-order valence-electron chi connectivity index (χ3n) is 22.8. The van der Waals surface area contributed by atoms with Gasteiger partial charge in [0.15, 0.2) is 23.0 Å². The summed E-state index contributed by atoms with van der Waals surface area (Å²) < 4.78 is 32.8. The van der Waals surface area contributed by atoms with E-state index in [1.54, 1.807) is 14.2 Å². The van der Waals surface area contributed by atoms with E-state index >= 15 is 0 Å². The van der Waals surface area contributed by atoms with Crippen LogP contribution in [0.1, 0.15) is 129 Å². The molecule has 4 spiro atoms. The van der Waals surface area contributed by atoms with Crippen LogP contribution < -0.4 is 14.2 Å². The summed E-state index contributed by atoms with van der Waals surface area (Å²) in [4.78, 5) is 5.58. The highest BCUT2D eigenvalue weighted by molar-refractivity contribution is 5.67. The van der Waals surface area contributed by atoms with E-state index < -0.39 is 22.4 Å². The van der Waals surface area contributed by atoms with Crippen LogP contribution in [0.5, 0.6) is 23.0 Å². The molecule has 0 unspecified atom stereocenters. The zero-order chi connectivity index (χ0) is 48.5. The maximum Gasteiger partial charge on any atom is 0.166 e. The summed E-state index contributed by atoms with van der Waals surface area (Å²) in [6, 6.07) is 9.13. The van der Waals surface area contributed by atoms with Crippen molar-refractivity contribution in [2.24, 2.45) is 45.3 Å². The number of methoxy groups -OCH3 is 3. The fraction of sp³-hybridized carbons (Fsp3) is 0.729. The average Bonchev–Trinajstić information content (AvgIpc) is 4.24. The molecule has 0 amide bonds. The number of benzene rings is 2. The number of hydrogen-bond acceptors (Lipinski definition) is 10. The molecule has 2 aromatic rings. The van der Waals surface area contributed by atoms with E-state index in [1.807, 2.05) is 27.0 Å². The van der Waals surface area contributed by atoms with Crippen LogP contribution in [-0.2, 0) is 33.1 Å². The first-order valence-electron chi connectivity index (χ1n) is 26.9. The Labute approximate surface area is 411 Å². The molecule has 2 aromatic carbocycles. The number of ether oxygens (including phenoxy) is 5. The molecule has 3 N–H and O–H groups in total. The lowest BCUT2D eigenvalue weighted by atomic mass is 9.35. The Kier molecular flexibility index (Phi) is 9.23. The van der Waals surface area contributed by atoms with Crippen LogP contribution in [0.15, 0.2) is 48.6 Å². The van der Waals surface area contributed by atoms with Crippen molar-refractivity contribution in [1.29, 1.82) is 0 Å². The van der Waals surface area contributed by atoms with E-state index in [0.717, 1.165) is 74.9 Å². The zero-order valence-electron chi connectivity index (χ0n) is 43.4. The van der Waals surface area contributed by atoms with Crippen molar-refractivity contribution in [3.8, 4) is 23.0 Å². The van der Waals surface area contributed by atoms with Crippen molar-refractivity contribution in [2.75, 3.05) is 47.5 Å². The van der Waals surface area contributed by atoms with Gasteiger partial charge in [0.1, 0.15) is 23.4 Å². The van der Waals surface area contributed by atoms with Crippen LogP contribution in [0.25, 0.3) is 0 Å². The van der Waals surface area contributed by atoms with Crippen LogP contribution in [0.3, 0.4) is 0 Å². The van der Waals surface area contributed by atoms with Crippen molar-refractivity contribution in [2.45, 2.75) is 177 Å². The Bertz CT molecular complexity index is 2570. The minimum atomic E-state index is -0.960. The fourth-order valence-electron chi connectivity index (χ4n) is 18.0. The van der Waals surface area contributed by atoms with Crippen LogP contribution in [0, 0.1) is 45.3 Å². The molecule has 69 heavy (non-hydrogen) atoms. The number of rotatable bonds is 9. The largest absolute Gasteiger partial charge is 0.504 e. The van der Waals surface area contributed by atoms with Crippen molar-refractivity contribution in [3.05, 3.63) is 70.8 Å². The van der Waals surface area contributed by atoms with E-state index in [-0.39, 0.29) is 62.3 Å². The molecule has 4 heterocycles. The van der Waals surface area contributed by atoms with E-state index in [1.165, 1.54) is 61.0 Å². The van der Waals surface area contributed by atoms with Gasteiger partial charge in [-0.25, -0.2) is 0 Å². The number of hydrogen-bond donors (Lipinski definition) is 3. The highest BCUT2D eigenvalue weighted by Gasteiger charge is 2.83. The standard InChI is InChI=1S/C30H41NO4.C29H39NO4/c1-26(2,3)27(4,32)21-16-28-11-12-30(21,34-6)25-29(28)13-14-31(17-18-7-8-18)22(28)15-19-9-10-20(33-5)24(35-25)23(19)29;1-25(2,3)26(4,32)20-15-27-10-11-29(20,33-5)24-28(27)12-13-30(16-17-6-7-17)21(27)14-18-8-9-19(31)23(34-24)22(18)28/h9-12,18,21-22,25,32H,7-8,13-17H2,1-6H3;8-11,17,20-21,24,31-32H,6-7,12-16H2,1-5H3/t21-,22-,25-,27+,28-,29+,30-;20-,21-,24-,26+,27-,28+,29-/m11/s1. The van der Waals surface area contributed by atoms with Crippen molar-refractivity contribution in [3.63, 3.8) is 0 Å². The Morgan fingerprint density at radius 3 is 1.46 bits per heavy atom. The summed E-state index contributed by atoms with van der Waals surface area (Å²) in [5.41, 5.74) is 0.803. The van der Waals surface area contributed by atoms with Gasteiger partial charge in [-0.05, 0) is 137 Å². The summed E-state index contributed by atoms with van der Waals surface area (Å²) in [6.45, 7) is 21.4. The second kappa shape index (κ2) is 13.9. The van der Waals surface area contributed by atoms with Gasteiger partial charge in [0.05, 0.1) is 29.1 Å². The van der Waals surface area contributed by atoms with Gasteiger partial charge in [0, 0.05) is 73.2 Å². The summed E-state index contributed by atoms with van der Waals surface area (Å²) in [6.07, 6.45) is 20.4. The van der Waals surface area contributed by atoms with E-state index in [9.17, 15) is 15.3 Å². The molecule has 4 aliphatic heterocycles. The molecule has 0 radical (unpaired) electrons. The molecule has 16 rings (SSSR count). The maximum atomic E-state index is 12.2. The van der Waals surface area contributed by atoms with Crippen molar-refractivity contribution < 1.29 is 39.0 Å². The molecular weight excluding hydrogens is 865 g/mol. The molecule has 8 bridgehead atoms. The Morgan fingerprint density at radius 2 is 1.04 bits per heavy atom. The van der Waals surface area contributed by atoms with E-state index in [4.69, 9.17) is 23.7 Å². The van der Waals surface area contributed by atoms with Gasteiger partial charge >= 0.3 is 0 Å². The highest BCUT2D eigenvalue weighted by Crippen LogP contribution is 2.78. The molecular formula is C59H80N2O8. The minimum absolute atomic E-state index is 0.0756. The van der Waals surface area contributed by atoms with Crippen molar-refractivity contribution in [1.82, 2.24) is 9.80 Å². The quantitative estimate of drug-likeness (QED) is 0.211. The number of aromatic hydroxyl groups is 1. The predicted octanol–water partition coefficient (Wildman–Crippen LogP) is 8.68. The van der Waals surface area contributed by atoms with Crippen LogP contribution in [0.4, 0.5) is 0 Å². The topological polar surface area (TPSA) is 113 Å². The van der Waals surface area contributed by atoms with Crippen molar-refractivity contribution >= 4 is 0 Å². The van der Waals surface area contributed by atoms with Gasteiger partial charge in [0.2, 0.25) is 0 Å². The number of likely N-dealkylation sites (tertiary alicyclic amines) is 2. The normalized spacial score (nSPS) is 42.9. The number of fused-ring (bicyclic) bond motifs is 2. The number of nitrogens with zero attached hydrogens (tertiary/aromatic N) is 2. The first-order chi connectivity index (χ1) is 32.6. The maximum absolute atomic E-state index is 12.2. The first-order valence-corrected chi connectivity index (χ1v) is 26.9. The number of piperidine rings is 2. The van der Waals surface area contributed by atoms with Gasteiger partial charge in [-0.2, -0.15) is 0 Å². The number of phenolic OH excluding ortho intramolecular Hbond substituents is 1. The highest BCUT2D eigenvalue weighted by atomic mass is 16.6. The monoisotopic (exact) mass is 945 g/mol. The SMILES string of the molecule is CO[C@]12C=C[C@@]3(C[C@@H]1[C@](C)(O)C(C)(C)C)[C@H]1Cc4ccc(O)c5c4[C@@]3(CCN1CC1CC1)[C@H]2O5.COc1ccc2c3c1O[C@H]1[C@@]4(OC)C=C[C@@]5(C[C@@H]4[C@](C)(O)C(C)(C)C)[C@@H](C2)N(CC2CC2)CC[C@]315. The molecule has 0 aromatic heterocycles. The number of phenols is 1. The van der Waals surface area contributed by atoms with Gasteiger partial charge in [-0.15, -0.1) is 0 Å². The predicted molar refractivity (Wildman–Crippen MR) is 265 cm³/mol. The average molecular weight is 945 g/mol. The van der Waals surface area contributed by atoms with E-state index in [2.05, 4.69) is 93.8 Å². The number of aliphatic hydroxyl groups is 2. The Morgan fingerprint density at radius 1 is 0.609 bits per heavy atom. The Balaban J connectivity index is 0.000000136. The molecule has 10 nitrogen and oxygen atoms in total. The van der Waals surface area contributed by atoms with Gasteiger partial charge < -0.3 is 39.0 Å². The summed E-state index contributed by atoms with van der Waals surface area (Å²) in [5, 5.41) is 35.3. The fourth-order valence-corrected chi connectivity index (χ4v) is 18.0. The molecule has 10 heteroatoms. The third-order valence-corrected chi connectivity index (χ3v) is 22.8. The smallest absolute Gasteiger partial charge is 0.166 e. The Hall–Kier alpha value is -3.12. The van der Waals surface area contributed by atoms with E-state index in [0.29, 0.717) is 17.8 Å². The second-order valence-electron chi connectivity index (χ2n) is 27.0. The van der Waals surface area contributed by atoms with Gasteiger partial charge in [-0.3, -0.25) is 9.80 Å². The molecule has 4 saturated carbocycles. The molecule has 374 valence electrons. The molecule has 2 saturated heterocycles. The van der Waals surface area contributed by atoms with Gasteiger partial charge in [0.25, 0.3) is 0 Å². The van der Waals surface area contributed by atoms with Crippen LogP contribution in [0.2, 0.25) is 0 Å². The lowest BCUT2D eigenvalue weighted by molar-refractivity contribution is -0.263. The van der Waals surface area contributed by atoms with Crippen LogP contribution >= 0.6 is 0 Å². The molecule has 14 atom stereocenters. The lowest BCUT2D eigenvalue weighted by Crippen LogP contribution is -2.81. The summed E-state index contributed by atoms with van der Waals surface area (Å²) in [7, 11) is 5.34. The molecule has 10 aliphatic carbocycles. The first kappa shape index (κ1) is 45.7. The van der Waals surface area contributed by atoms with Crippen LogP contribution in [-0.4, -0.2) is 119 Å². The third kappa shape index (κ3) is 5.26. The van der Waals surface area contributed by atoms with Gasteiger partial charge in [-0.1, -0.05) is 78.0 Å². The summed E-state index contributed by atoms with van der Waals surface area (Å²) >= 11 is 0. The zero-order valence-corrected chi connectivity index (χ0v) is 43.4.